The summed E-state index contributed by atoms with van der Waals surface area (Å²) in [5.74, 6) is 7.53. The van der Waals surface area contributed by atoms with Crippen molar-refractivity contribution in [2.45, 2.75) is 117 Å². The molecule has 4 rings (SSSR count). The van der Waals surface area contributed by atoms with E-state index in [0.29, 0.717) is 5.41 Å². The number of fused-ring (bicyclic) bond motifs is 5. The smallest absolute Gasteiger partial charge is 0.0622 e. The second-order valence-electron chi connectivity index (χ2n) is 12.7. The molecule has 0 aromatic carbocycles. The lowest BCUT2D eigenvalue weighted by atomic mass is 9.48. The van der Waals surface area contributed by atoms with Crippen molar-refractivity contribution in [1.82, 2.24) is 0 Å². The van der Waals surface area contributed by atoms with Crippen molar-refractivity contribution in [2.24, 2.45) is 52.8 Å². The Bertz CT molecular complexity index is 536. The van der Waals surface area contributed by atoms with Crippen LogP contribution in [-0.2, 0) is 0 Å². The summed E-state index contributed by atoms with van der Waals surface area (Å²) in [4.78, 5) is 0. The summed E-state index contributed by atoms with van der Waals surface area (Å²) in [7, 11) is 0. The van der Waals surface area contributed by atoms with Crippen LogP contribution in [0.3, 0.4) is 0 Å². The molecule has 0 saturated heterocycles. The third-order valence-electron chi connectivity index (χ3n) is 10.4. The van der Waals surface area contributed by atoms with Gasteiger partial charge < -0.3 is 5.11 Å². The van der Waals surface area contributed by atoms with Crippen LogP contribution in [-0.4, -0.2) is 10.7 Å². The van der Waals surface area contributed by atoms with E-state index in [2.05, 4.69) is 34.6 Å². The average Bonchev–Trinajstić information content (AvgIpc) is 2.97. The lowest BCUT2D eigenvalue weighted by Gasteiger charge is -2.57. The first-order valence-electron chi connectivity index (χ1n) is 12.9. The zero-order valence-corrected chi connectivity index (χ0v) is 19.6. The van der Waals surface area contributed by atoms with Crippen molar-refractivity contribution in [2.75, 3.05) is 0 Å². The fraction of sp³-hybridized carbons (Fsp3) is 1.00. The van der Waals surface area contributed by atoms with Crippen LogP contribution < -0.4 is 0 Å². The molecule has 4 fully saturated rings. The van der Waals surface area contributed by atoms with Crippen LogP contribution in [0, 0.1) is 52.8 Å². The molecule has 1 heteroatoms. The molecule has 0 spiro atoms. The van der Waals surface area contributed by atoms with Crippen molar-refractivity contribution >= 4 is 0 Å². The lowest BCUT2D eigenvalue weighted by molar-refractivity contribution is -0.103. The molecule has 0 aliphatic heterocycles. The van der Waals surface area contributed by atoms with Crippen molar-refractivity contribution < 1.29 is 5.11 Å². The third kappa shape index (κ3) is 3.83. The van der Waals surface area contributed by atoms with E-state index in [1.807, 2.05) is 0 Å². The molecule has 0 radical (unpaired) electrons. The van der Waals surface area contributed by atoms with E-state index in [9.17, 15) is 5.11 Å². The molecule has 4 saturated carbocycles. The quantitative estimate of drug-likeness (QED) is 0.518. The van der Waals surface area contributed by atoms with Gasteiger partial charge in [0.25, 0.3) is 0 Å². The Kier molecular flexibility index (Phi) is 5.98. The van der Waals surface area contributed by atoms with Crippen molar-refractivity contribution in [3.63, 3.8) is 0 Å². The first kappa shape index (κ1) is 21.2. The average molecular weight is 389 g/mol. The maximum atomic E-state index is 10.6. The minimum atomic E-state index is -0.374. The highest BCUT2D eigenvalue weighted by molar-refractivity contribution is 5.07. The van der Waals surface area contributed by atoms with Gasteiger partial charge >= 0.3 is 0 Å². The molecule has 28 heavy (non-hydrogen) atoms. The van der Waals surface area contributed by atoms with E-state index in [1.165, 1.54) is 64.2 Å². The number of hydrogen-bond donors (Lipinski definition) is 1. The van der Waals surface area contributed by atoms with Crippen LogP contribution in [0.5, 0.6) is 0 Å². The van der Waals surface area contributed by atoms with Gasteiger partial charge in [-0.3, -0.25) is 0 Å². The predicted molar refractivity (Wildman–Crippen MR) is 119 cm³/mol. The standard InChI is InChI=1S/C27H48O/c1-18(2)7-6-8-19(3)24-11-12-25-23-10-9-20-17-26(4,28)15-13-21(20)22(23)14-16-27(24,25)5/h18-25,28H,6-17H2,1-5H3/t19-,20+,21+,22-,23-,24-,25+,26+,27-/m1/s1. The Morgan fingerprint density at radius 1 is 0.821 bits per heavy atom. The molecule has 4 aliphatic carbocycles. The SMILES string of the molecule is CC(C)CCC[C@@H](C)[C@H]1CC[C@H]2[C@@H]3CC[C@H]4C[C@@](C)(O)CC[C@@H]4[C@H]3CC[C@]12C. The van der Waals surface area contributed by atoms with Gasteiger partial charge in [-0.25, -0.2) is 0 Å². The fourth-order valence-corrected chi connectivity index (χ4v) is 9.11. The van der Waals surface area contributed by atoms with Crippen LogP contribution >= 0.6 is 0 Å². The molecular formula is C27H48O. The maximum absolute atomic E-state index is 10.6. The summed E-state index contributed by atoms with van der Waals surface area (Å²) in [6.45, 7) is 12.1. The summed E-state index contributed by atoms with van der Waals surface area (Å²) in [6, 6.07) is 0. The molecule has 1 N–H and O–H groups in total. The maximum Gasteiger partial charge on any atom is 0.0622 e. The van der Waals surface area contributed by atoms with Crippen LogP contribution in [0.4, 0.5) is 0 Å². The largest absolute Gasteiger partial charge is 0.390 e. The molecule has 0 bridgehead atoms. The van der Waals surface area contributed by atoms with Crippen molar-refractivity contribution in [3.05, 3.63) is 0 Å². The Morgan fingerprint density at radius 2 is 1.57 bits per heavy atom. The van der Waals surface area contributed by atoms with Gasteiger partial charge in [-0.1, -0.05) is 47.0 Å². The summed E-state index contributed by atoms with van der Waals surface area (Å²) in [5, 5.41) is 10.6. The fourth-order valence-electron chi connectivity index (χ4n) is 9.11. The van der Waals surface area contributed by atoms with Crippen molar-refractivity contribution in [1.29, 1.82) is 0 Å². The first-order chi connectivity index (χ1) is 13.2. The Hall–Kier alpha value is -0.0400. The molecule has 0 aromatic heterocycles. The zero-order valence-electron chi connectivity index (χ0n) is 19.6. The minimum Gasteiger partial charge on any atom is -0.390 e. The molecule has 0 amide bonds. The normalized spacial score (nSPS) is 49.4. The molecule has 0 aromatic rings. The highest BCUT2D eigenvalue weighted by Crippen LogP contribution is 2.65. The number of rotatable bonds is 5. The second-order valence-corrected chi connectivity index (χ2v) is 12.7. The number of aliphatic hydroxyl groups is 1. The van der Waals surface area contributed by atoms with E-state index < -0.39 is 0 Å². The second kappa shape index (κ2) is 7.90. The van der Waals surface area contributed by atoms with Crippen LogP contribution in [0.1, 0.15) is 112 Å². The van der Waals surface area contributed by atoms with Gasteiger partial charge in [0, 0.05) is 0 Å². The van der Waals surface area contributed by atoms with E-state index in [4.69, 9.17) is 0 Å². The van der Waals surface area contributed by atoms with Gasteiger partial charge in [-0.05, 0) is 117 Å². The Morgan fingerprint density at radius 3 is 2.32 bits per heavy atom. The van der Waals surface area contributed by atoms with Crippen LogP contribution in [0.15, 0.2) is 0 Å². The van der Waals surface area contributed by atoms with Gasteiger partial charge in [-0.2, -0.15) is 0 Å². The topological polar surface area (TPSA) is 20.2 Å². The van der Waals surface area contributed by atoms with Gasteiger partial charge in [0.2, 0.25) is 0 Å². The van der Waals surface area contributed by atoms with Crippen LogP contribution in [0.25, 0.3) is 0 Å². The zero-order chi connectivity index (χ0) is 20.1. The summed E-state index contributed by atoms with van der Waals surface area (Å²) < 4.78 is 0. The molecule has 1 nitrogen and oxygen atoms in total. The minimum absolute atomic E-state index is 0.374. The van der Waals surface area contributed by atoms with E-state index >= 15 is 0 Å². The summed E-state index contributed by atoms with van der Waals surface area (Å²) >= 11 is 0. The van der Waals surface area contributed by atoms with E-state index in [1.54, 1.807) is 0 Å². The molecule has 0 heterocycles. The lowest BCUT2D eigenvalue weighted by Crippen LogP contribution is -2.50. The van der Waals surface area contributed by atoms with Gasteiger partial charge in [0.1, 0.15) is 0 Å². The first-order valence-corrected chi connectivity index (χ1v) is 12.9. The summed E-state index contributed by atoms with van der Waals surface area (Å²) in [6.07, 6.45) is 16.6. The van der Waals surface area contributed by atoms with Crippen molar-refractivity contribution in [3.8, 4) is 0 Å². The third-order valence-corrected chi connectivity index (χ3v) is 10.4. The summed E-state index contributed by atoms with van der Waals surface area (Å²) in [5.41, 5.74) is 0.256. The van der Waals surface area contributed by atoms with Gasteiger partial charge in [0.15, 0.2) is 0 Å². The molecule has 0 unspecified atom stereocenters. The Labute approximate surface area is 175 Å². The number of hydrogen-bond acceptors (Lipinski definition) is 1. The van der Waals surface area contributed by atoms with Gasteiger partial charge in [0.05, 0.1) is 5.60 Å². The molecular weight excluding hydrogens is 340 g/mol. The van der Waals surface area contributed by atoms with E-state index in [-0.39, 0.29) is 5.60 Å². The van der Waals surface area contributed by atoms with Crippen LogP contribution in [0.2, 0.25) is 0 Å². The molecule has 4 aliphatic rings. The molecule has 162 valence electrons. The Balaban J connectivity index is 1.42. The highest BCUT2D eigenvalue weighted by atomic mass is 16.3. The molecule has 9 atom stereocenters. The van der Waals surface area contributed by atoms with Gasteiger partial charge in [-0.15, -0.1) is 0 Å². The predicted octanol–water partition coefficient (Wildman–Crippen LogP) is 7.47. The monoisotopic (exact) mass is 388 g/mol. The highest BCUT2D eigenvalue weighted by Gasteiger charge is 2.57. The van der Waals surface area contributed by atoms with E-state index in [0.717, 1.165) is 60.2 Å².